The molecule has 0 saturated heterocycles. The van der Waals surface area contributed by atoms with E-state index in [4.69, 9.17) is 4.74 Å². The molecule has 4 nitrogen and oxygen atoms in total. The minimum Gasteiger partial charge on any atom is -0.451 e. The van der Waals surface area contributed by atoms with E-state index < -0.39 is 18.1 Å². The number of hydrogen-bond donors (Lipinski definition) is 1. The summed E-state index contributed by atoms with van der Waals surface area (Å²) in [5, 5.41) is 2.72. The third-order valence-electron chi connectivity index (χ3n) is 4.35. The summed E-state index contributed by atoms with van der Waals surface area (Å²) in [5.74, 6) is -0.848. The van der Waals surface area contributed by atoms with Crippen molar-refractivity contribution < 1.29 is 14.3 Å². The number of amides is 1. The fourth-order valence-corrected chi connectivity index (χ4v) is 2.86. The third-order valence-corrected chi connectivity index (χ3v) is 4.35. The van der Waals surface area contributed by atoms with Gasteiger partial charge in [0.15, 0.2) is 6.10 Å². The average molecular weight is 372 g/mol. The van der Waals surface area contributed by atoms with Crippen molar-refractivity contribution in [2.24, 2.45) is 0 Å². The highest BCUT2D eigenvalue weighted by molar-refractivity contribution is 5.96. The van der Waals surface area contributed by atoms with Gasteiger partial charge in [-0.25, -0.2) is 4.79 Å². The smallest absolute Gasteiger partial charge is 0.329 e. The van der Waals surface area contributed by atoms with E-state index in [2.05, 4.69) is 12.2 Å². The van der Waals surface area contributed by atoms with Gasteiger partial charge in [0.25, 0.3) is 5.91 Å². The highest BCUT2D eigenvalue weighted by Crippen LogP contribution is 2.26. The molecule has 0 aromatic heterocycles. The van der Waals surface area contributed by atoms with Crippen LogP contribution in [0, 0.1) is 6.92 Å². The topological polar surface area (TPSA) is 55.4 Å². The van der Waals surface area contributed by atoms with Crippen LogP contribution in [-0.2, 0) is 9.53 Å². The fourth-order valence-electron chi connectivity index (χ4n) is 2.86. The Bertz CT molecular complexity index is 855. The van der Waals surface area contributed by atoms with Gasteiger partial charge in [0.2, 0.25) is 0 Å². The molecule has 0 bridgehead atoms. The van der Waals surface area contributed by atoms with E-state index >= 15 is 0 Å². The summed E-state index contributed by atoms with van der Waals surface area (Å²) in [6.07, 6.45) is -0.370. The molecule has 28 heavy (non-hydrogen) atoms. The molecule has 0 fully saturated rings. The Morgan fingerprint density at radius 1 is 0.786 bits per heavy atom. The van der Waals surface area contributed by atoms with Crippen LogP contribution in [0.2, 0.25) is 0 Å². The van der Waals surface area contributed by atoms with E-state index in [9.17, 15) is 9.59 Å². The number of carbonyl (C=O) groups excluding carboxylic acids is 2. The van der Waals surface area contributed by atoms with Gasteiger partial charge < -0.3 is 10.1 Å². The van der Waals surface area contributed by atoms with Crippen LogP contribution in [0.15, 0.2) is 91.0 Å². The van der Waals surface area contributed by atoms with E-state index in [1.807, 2.05) is 66.7 Å². The van der Waals surface area contributed by atoms with Crippen molar-refractivity contribution in [2.75, 3.05) is 0 Å². The highest BCUT2D eigenvalue weighted by Gasteiger charge is 2.26. The third kappa shape index (κ3) is 4.86. The van der Waals surface area contributed by atoms with Crippen LogP contribution in [-0.4, -0.2) is 17.9 Å². The van der Waals surface area contributed by atoms with Crippen LogP contribution >= 0.6 is 0 Å². The van der Waals surface area contributed by atoms with Gasteiger partial charge in [-0.2, -0.15) is 0 Å². The lowest BCUT2D eigenvalue weighted by atomic mass is 10.0. The molecule has 3 rings (SSSR count). The van der Waals surface area contributed by atoms with Crippen molar-refractivity contribution in [1.29, 1.82) is 0 Å². The molecule has 1 unspecified atom stereocenters. The van der Waals surface area contributed by atoms with Gasteiger partial charge in [-0.05, 0) is 29.7 Å². The van der Waals surface area contributed by atoms with Crippen LogP contribution in [0.1, 0.15) is 34.0 Å². The Morgan fingerprint density at radius 3 is 1.71 bits per heavy atom. The Morgan fingerprint density at radius 2 is 1.25 bits per heavy atom. The number of nitrogens with one attached hydrogen (secondary N) is 1. The summed E-state index contributed by atoms with van der Waals surface area (Å²) in [4.78, 5) is 25.2. The molecular weight excluding hydrogens is 350 g/mol. The molecule has 4 heteroatoms. The predicted octanol–water partition coefficient (Wildman–Crippen LogP) is 4.34. The zero-order chi connectivity index (χ0) is 19.8. The van der Waals surface area contributed by atoms with Crippen molar-refractivity contribution in [2.45, 2.75) is 18.6 Å². The first-order valence-corrected chi connectivity index (χ1v) is 9.14. The average Bonchev–Trinajstić information content (AvgIpc) is 2.77. The largest absolute Gasteiger partial charge is 0.451 e. The molecule has 0 aliphatic heterocycles. The molecule has 1 N–H and O–H groups in total. The van der Waals surface area contributed by atoms with Crippen molar-refractivity contribution in [3.05, 3.63) is 115 Å². The molecular formula is C24H22NO3. The zero-order valence-corrected chi connectivity index (χ0v) is 15.5. The second-order valence-electron chi connectivity index (χ2n) is 6.32. The summed E-state index contributed by atoms with van der Waals surface area (Å²) in [6.45, 7) is 3.79. The number of hydrogen-bond acceptors (Lipinski definition) is 3. The molecule has 0 aliphatic carbocycles. The minimum atomic E-state index is -0.831. The summed E-state index contributed by atoms with van der Waals surface area (Å²) in [6, 6.07) is 27.0. The fraction of sp³-hybridized carbons (Fsp3) is 0.125. The number of carbonyl (C=O) groups is 2. The summed E-state index contributed by atoms with van der Waals surface area (Å²) in [7, 11) is 0. The van der Waals surface area contributed by atoms with E-state index in [0.29, 0.717) is 5.56 Å². The van der Waals surface area contributed by atoms with Gasteiger partial charge in [0, 0.05) is 5.56 Å². The van der Waals surface area contributed by atoms with Gasteiger partial charge in [-0.1, -0.05) is 85.8 Å². The maximum Gasteiger partial charge on any atom is 0.329 e. The first-order valence-electron chi connectivity index (χ1n) is 9.14. The molecule has 3 aromatic rings. The molecule has 0 aliphatic rings. The molecule has 1 radical (unpaired) electrons. The quantitative estimate of drug-likeness (QED) is 0.628. The van der Waals surface area contributed by atoms with Gasteiger partial charge in [0.05, 0.1) is 0 Å². The minimum absolute atomic E-state index is 0.188. The summed E-state index contributed by atoms with van der Waals surface area (Å²) < 4.78 is 5.82. The van der Waals surface area contributed by atoms with E-state index in [-0.39, 0.29) is 12.3 Å². The Hall–Kier alpha value is -3.40. The van der Waals surface area contributed by atoms with E-state index in [0.717, 1.165) is 11.1 Å². The van der Waals surface area contributed by atoms with Gasteiger partial charge in [-0.15, -0.1) is 0 Å². The molecule has 1 atom stereocenters. The molecule has 3 aromatic carbocycles. The SMILES string of the molecule is [CH2]CC(NC(=O)c1ccccc1)C(=O)OC(c1ccccc1)c1ccccc1. The van der Waals surface area contributed by atoms with Crippen LogP contribution in [0.5, 0.6) is 0 Å². The van der Waals surface area contributed by atoms with Crippen LogP contribution < -0.4 is 5.32 Å². The number of benzene rings is 3. The van der Waals surface area contributed by atoms with Gasteiger partial charge in [-0.3, -0.25) is 4.79 Å². The zero-order valence-electron chi connectivity index (χ0n) is 15.5. The van der Waals surface area contributed by atoms with Crippen LogP contribution in [0.3, 0.4) is 0 Å². The monoisotopic (exact) mass is 372 g/mol. The Kier molecular flexibility index (Phi) is 6.58. The summed E-state index contributed by atoms with van der Waals surface area (Å²) >= 11 is 0. The van der Waals surface area contributed by atoms with Gasteiger partial charge >= 0.3 is 5.97 Å². The van der Waals surface area contributed by atoms with E-state index in [1.54, 1.807) is 24.3 Å². The normalized spacial score (nSPS) is 11.6. The molecule has 141 valence electrons. The first kappa shape index (κ1) is 19.4. The standard InChI is InChI=1S/C24H22NO3/c1-2-21(25-23(26)20-16-10-5-11-17-20)24(27)28-22(18-12-6-3-7-13-18)19-14-8-4-9-15-19/h3-17,21-22H,1-2H2,(H,25,26). The Balaban J connectivity index is 1.77. The lowest BCUT2D eigenvalue weighted by molar-refractivity contribution is -0.149. The molecule has 1 amide bonds. The molecule has 0 spiro atoms. The van der Waals surface area contributed by atoms with E-state index in [1.165, 1.54) is 0 Å². The lowest BCUT2D eigenvalue weighted by Crippen LogP contribution is -2.41. The Labute approximate surface area is 165 Å². The second kappa shape index (κ2) is 9.51. The maximum atomic E-state index is 12.8. The first-order chi connectivity index (χ1) is 13.7. The van der Waals surface area contributed by atoms with Crippen molar-refractivity contribution >= 4 is 11.9 Å². The van der Waals surface area contributed by atoms with Crippen LogP contribution in [0.4, 0.5) is 0 Å². The number of rotatable bonds is 7. The highest BCUT2D eigenvalue weighted by atomic mass is 16.5. The molecule has 0 heterocycles. The predicted molar refractivity (Wildman–Crippen MR) is 108 cm³/mol. The second-order valence-corrected chi connectivity index (χ2v) is 6.32. The number of ether oxygens (including phenoxy) is 1. The van der Waals surface area contributed by atoms with Crippen molar-refractivity contribution in [3.63, 3.8) is 0 Å². The van der Waals surface area contributed by atoms with Crippen LogP contribution in [0.25, 0.3) is 0 Å². The van der Waals surface area contributed by atoms with Gasteiger partial charge in [0.1, 0.15) is 6.04 Å². The number of esters is 1. The molecule has 0 saturated carbocycles. The lowest BCUT2D eigenvalue weighted by Gasteiger charge is -2.23. The summed E-state index contributed by atoms with van der Waals surface area (Å²) in [5.41, 5.74) is 2.20. The maximum absolute atomic E-state index is 12.8. The van der Waals surface area contributed by atoms with Crippen molar-refractivity contribution in [1.82, 2.24) is 5.32 Å². The van der Waals surface area contributed by atoms with Crippen molar-refractivity contribution in [3.8, 4) is 0 Å².